The molecular formula is C71H121NO10. The average molecular weight is 1150 g/mol. The first-order valence-corrected chi connectivity index (χ1v) is 33.2. The monoisotopic (exact) mass is 1150 g/mol. The van der Waals surface area contributed by atoms with Gasteiger partial charge in [0.2, 0.25) is 5.91 Å². The molecule has 0 aromatic rings. The third-order valence-electron chi connectivity index (χ3n) is 15.1. The van der Waals surface area contributed by atoms with E-state index in [1.807, 2.05) is 66.8 Å². The van der Waals surface area contributed by atoms with Gasteiger partial charge in [0.25, 0.3) is 0 Å². The molecule has 1 rings (SSSR count). The van der Waals surface area contributed by atoms with Gasteiger partial charge in [-0.2, -0.15) is 0 Å². The molecule has 0 radical (unpaired) electrons. The van der Waals surface area contributed by atoms with Gasteiger partial charge in [-0.3, -0.25) is 9.59 Å². The smallest absolute Gasteiger partial charge is 0.306 e. The van der Waals surface area contributed by atoms with E-state index in [0.717, 1.165) is 77.0 Å². The molecular weight excluding hydrogens is 1030 g/mol. The Balaban J connectivity index is 2.64. The first-order valence-electron chi connectivity index (χ1n) is 33.2. The lowest BCUT2D eigenvalue weighted by Crippen LogP contribution is -2.61. The molecule has 1 heterocycles. The summed E-state index contributed by atoms with van der Waals surface area (Å²) >= 11 is 0. The Morgan fingerprint density at radius 1 is 0.500 bits per heavy atom. The van der Waals surface area contributed by atoms with Crippen molar-refractivity contribution in [3.63, 3.8) is 0 Å². The van der Waals surface area contributed by atoms with E-state index in [4.69, 9.17) is 14.2 Å². The highest BCUT2D eigenvalue weighted by Crippen LogP contribution is 2.26. The second-order valence-electron chi connectivity index (χ2n) is 22.6. The van der Waals surface area contributed by atoms with Gasteiger partial charge in [0.1, 0.15) is 24.4 Å². The second-order valence-corrected chi connectivity index (χ2v) is 22.6. The Bertz CT molecular complexity index is 1750. The van der Waals surface area contributed by atoms with Crippen molar-refractivity contribution in [2.45, 2.75) is 314 Å². The molecule has 8 unspecified atom stereocenters. The van der Waals surface area contributed by atoms with Gasteiger partial charge in [-0.05, 0) is 77.0 Å². The third kappa shape index (κ3) is 44.8. The van der Waals surface area contributed by atoms with Crippen molar-refractivity contribution >= 4 is 11.9 Å². The van der Waals surface area contributed by atoms with Crippen molar-refractivity contribution in [1.29, 1.82) is 0 Å². The van der Waals surface area contributed by atoms with E-state index in [2.05, 4.69) is 62.5 Å². The third-order valence-corrected chi connectivity index (χ3v) is 15.1. The van der Waals surface area contributed by atoms with Gasteiger partial charge in [-0.25, -0.2) is 0 Å². The molecule has 82 heavy (non-hydrogen) atoms. The summed E-state index contributed by atoms with van der Waals surface area (Å²) in [5, 5.41) is 57.1. The van der Waals surface area contributed by atoms with E-state index in [1.54, 1.807) is 6.08 Å². The molecule has 0 aromatic heterocycles. The van der Waals surface area contributed by atoms with Crippen LogP contribution in [0.1, 0.15) is 265 Å². The summed E-state index contributed by atoms with van der Waals surface area (Å²) in [7, 11) is 0. The summed E-state index contributed by atoms with van der Waals surface area (Å²) in [4.78, 5) is 26.6. The summed E-state index contributed by atoms with van der Waals surface area (Å²) in [6.07, 6.45) is 68.4. The van der Waals surface area contributed by atoms with Crippen LogP contribution in [0.3, 0.4) is 0 Å². The Hall–Kier alpha value is -3.68. The molecule has 11 nitrogen and oxygen atoms in total. The van der Waals surface area contributed by atoms with Crippen LogP contribution < -0.4 is 5.32 Å². The normalized spacial score (nSPS) is 19.3. The summed E-state index contributed by atoms with van der Waals surface area (Å²) in [6.45, 7) is 5.60. The Kier molecular flexibility index (Phi) is 53.7. The van der Waals surface area contributed by atoms with Gasteiger partial charge in [0, 0.05) is 6.42 Å². The minimum atomic E-state index is -1.64. The quantitative estimate of drug-likeness (QED) is 0.0149. The van der Waals surface area contributed by atoms with E-state index in [9.17, 15) is 35.1 Å². The lowest BCUT2D eigenvalue weighted by atomic mass is 9.99. The number of nitrogens with one attached hydrogen (secondary N) is 1. The molecule has 1 amide bonds. The van der Waals surface area contributed by atoms with Gasteiger partial charge in [-0.1, -0.05) is 291 Å². The first kappa shape index (κ1) is 76.3. The number of carbonyl (C=O) groups is 2. The van der Waals surface area contributed by atoms with Gasteiger partial charge in [-0.15, -0.1) is 0 Å². The van der Waals surface area contributed by atoms with Crippen molar-refractivity contribution in [3.8, 4) is 0 Å². The Labute approximate surface area is 500 Å². The molecule has 8 atom stereocenters. The molecule has 0 spiro atoms. The number of aliphatic hydroxyl groups is 5. The van der Waals surface area contributed by atoms with Crippen molar-refractivity contribution < 1.29 is 49.3 Å². The largest absolute Gasteiger partial charge is 0.454 e. The van der Waals surface area contributed by atoms with Crippen LogP contribution in [0.4, 0.5) is 0 Å². The van der Waals surface area contributed by atoms with Gasteiger partial charge < -0.3 is 45.1 Å². The number of unbranched alkanes of at least 4 members (excludes halogenated alkanes) is 30. The number of aliphatic hydroxyl groups excluding tert-OH is 5. The van der Waals surface area contributed by atoms with Crippen molar-refractivity contribution in [2.75, 3.05) is 13.2 Å². The predicted octanol–water partition coefficient (Wildman–Crippen LogP) is 16.4. The molecule has 0 saturated carbocycles. The molecule has 470 valence electrons. The molecule has 0 aliphatic carbocycles. The molecule has 1 aliphatic heterocycles. The van der Waals surface area contributed by atoms with Crippen LogP contribution in [0.15, 0.2) is 109 Å². The van der Waals surface area contributed by atoms with Crippen LogP contribution in [0.25, 0.3) is 0 Å². The summed E-state index contributed by atoms with van der Waals surface area (Å²) in [6, 6.07) is -1.04. The topological polar surface area (TPSA) is 175 Å². The number of hydrogen-bond acceptors (Lipinski definition) is 10. The van der Waals surface area contributed by atoms with Crippen molar-refractivity contribution in [1.82, 2.24) is 5.32 Å². The standard InChI is InChI=1S/C71H121NO10/c1-4-7-10-13-16-19-22-25-27-29-30-31-32-33-34-35-37-38-40-43-46-49-52-55-58-64(75)70(79)72-62(63(74)57-54-51-48-45-42-24-21-18-15-12-9-6-3)61-80-71-69(68(78)67(77)65(60-73)81-71)82-66(76)59-56-53-50-47-44-41-39-36-28-26-23-20-17-14-11-8-5-2/h8,11,14,16-17,19-20,23,25-28,36,39,41,44,54,57,62-65,67-69,71,73-75,77-78H,4-7,9-10,12-13,15,18,21-22,24,29-35,37-38,40,42-43,45-53,55-56,58-61H2,1-3H3,(H,72,79)/b11-8-,17-14+,19-16-,23-20+,27-25-,28-26-,39-36+,44-41+,57-54+. The second kappa shape index (κ2) is 57.7. The Morgan fingerprint density at radius 2 is 0.927 bits per heavy atom. The number of amides is 1. The maximum Gasteiger partial charge on any atom is 0.306 e. The van der Waals surface area contributed by atoms with Gasteiger partial charge in [0.05, 0.1) is 25.4 Å². The first-order chi connectivity index (χ1) is 40.2. The fraction of sp³-hybridized carbons (Fsp3) is 0.718. The van der Waals surface area contributed by atoms with Crippen LogP contribution in [-0.2, 0) is 23.8 Å². The highest BCUT2D eigenvalue weighted by molar-refractivity contribution is 5.80. The number of esters is 1. The predicted molar refractivity (Wildman–Crippen MR) is 342 cm³/mol. The molecule has 1 aliphatic rings. The van der Waals surface area contributed by atoms with E-state index < -0.39 is 67.4 Å². The number of rotatable bonds is 55. The number of hydrogen-bond donors (Lipinski definition) is 6. The van der Waals surface area contributed by atoms with Gasteiger partial charge >= 0.3 is 5.97 Å². The Morgan fingerprint density at radius 3 is 1.44 bits per heavy atom. The maximum atomic E-state index is 13.5. The zero-order chi connectivity index (χ0) is 59.6. The number of ether oxygens (including phenoxy) is 3. The van der Waals surface area contributed by atoms with Crippen LogP contribution >= 0.6 is 0 Å². The lowest BCUT2D eigenvalue weighted by Gasteiger charge is -2.41. The minimum Gasteiger partial charge on any atom is -0.454 e. The highest BCUT2D eigenvalue weighted by Gasteiger charge is 2.47. The average Bonchev–Trinajstić information content (AvgIpc) is 3.60. The van der Waals surface area contributed by atoms with Crippen LogP contribution in [0.5, 0.6) is 0 Å². The van der Waals surface area contributed by atoms with E-state index in [0.29, 0.717) is 12.8 Å². The van der Waals surface area contributed by atoms with E-state index in [-0.39, 0.29) is 19.4 Å². The fourth-order valence-electron chi connectivity index (χ4n) is 9.83. The van der Waals surface area contributed by atoms with Gasteiger partial charge in [0.15, 0.2) is 12.4 Å². The summed E-state index contributed by atoms with van der Waals surface area (Å²) in [5.74, 6) is -1.24. The minimum absolute atomic E-state index is 0.0674. The number of carbonyl (C=O) groups excluding carboxylic acids is 2. The fourth-order valence-corrected chi connectivity index (χ4v) is 9.83. The molecule has 0 aromatic carbocycles. The molecule has 0 bridgehead atoms. The zero-order valence-corrected chi connectivity index (χ0v) is 52.1. The van der Waals surface area contributed by atoms with E-state index in [1.165, 1.54) is 141 Å². The van der Waals surface area contributed by atoms with Crippen LogP contribution in [0.2, 0.25) is 0 Å². The lowest BCUT2D eigenvalue weighted by molar-refractivity contribution is -0.305. The number of allylic oxidation sites excluding steroid dienone is 17. The van der Waals surface area contributed by atoms with Crippen LogP contribution in [0, 0.1) is 0 Å². The van der Waals surface area contributed by atoms with E-state index >= 15 is 0 Å². The van der Waals surface area contributed by atoms with Crippen molar-refractivity contribution in [2.24, 2.45) is 0 Å². The van der Waals surface area contributed by atoms with Crippen LogP contribution in [-0.4, -0.2) is 99.6 Å². The maximum absolute atomic E-state index is 13.5. The molecule has 1 fully saturated rings. The zero-order valence-electron chi connectivity index (χ0n) is 52.1. The summed E-state index contributed by atoms with van der Waals surface area (Å²) in [5.41, 5.74) is 0. The van der Waals surface area contributed by atoms with Crippen molar-refractivity contribution in [3.05, 3.63) is 109 Å². The highest BCUT2D eigenvalue weighted by atomic mass is 16.7. The molecule has 1 saturated heterocycles. The molecule has 11 heteroatoms. The summed E-state index contributed by atoms with van der Waals surface area (Å²) < 4.78 is 17.6. The molecule has 6 N–H and O–H groups in total. The SMILES string of the molecule is CC\C=C/C=C/C=C/C=C\C=C\C=C\CCCCCC(=O)OC1C(OCC(NC(=O)C(O)CCCCCCCCCCCCCCCC/C=C\C/C=C\CCCCC)C(O)/C=C/CCCCCCCCCCCC)OC(CO)C(O)C1O.